The van der Waals surface area contributed by atoms with Crippen molar-refractivity contribution in [2.75, 3.05) is 12.4 Å². The first-order valence-electron chi connectivity index (χ1n) is 8.26. The van der Waals surface area contributed by atoms with Crippen LogP contribution in [0.1, 0.15) is 46.0 Å². The van der Waals surface area contributed by atoms with Crippen LogP contribution in [0.5, 0.6) is 5.75 Å². The van der Waals surface area contributed by atoms with Crippen molar-refractivity contribution in [3.63, 3.8) is 0 Å². The van der Waals surface area contributed by atoms with Crippen molar-refractivity contribution < 1.29 is 9.53 Å². The molecule has 2 rings (SSSR count). The summed E-state index contributed by atoms with van der Waals surface area (Å²) in [5.41, 5.74) is 0.781. The van der Waals surface area contributed by atoms with Gasteiger partial charge in [0.05, 0.1) is 7.11 Å². The fraction of sp³-hybridized carbons (Fsp3) is 0.611. The molecule has 0 aliphatic heterocycles. The molecule has 2 N–H and O–H groups in total. The molecule has 122 valence electrons. The largest absolute Gasteiger partial charge is 0.497 e. The molecule has 4 heteroatoms. The summed E-state index contributed by atoms with van der Waals surface area (Å²) in [5, 5.41) is 6.53. The van der Waals surface area contributed by atoms with Crippen LogP contribution in [0.15, 0.2) is 24.3 Å². The maximum absolute atomic E-state index is 12.1. The van der Waals surface area contributed by atoms with Crippen LogP contribution in [0.3, 0.4) is 0 Å². The molecule has 1 aliphatic carbocycles. The molecule has 0 aromatic heterocycles. The molecule has 1 atom stereocenters. The van der Waals surface area contributed by atoms with Crippen molar-refractivity contribution in [3.05, 3.63) is 24.3 Å². The standard InChI is InChI=1S/C18H28N2O2/c1-13-7-9-15(10-8-13)19-14(2)11-18(21)20-16-5-4-6-17(12-16)22-3/h4-6,12-15,19H,7-11H2,1-3H3,(H,20,21)/t13?,14-,15?/m0/s1. The van der Waals surface area contributed by atoms with Crippen molar-refractivity contribution in [2.45, 2.75) is 58.0 Å². The summed E-state index contributed by atoms with van der Waals surface area (Å²) >= 11 is 0. The summed E-state index contributed by atoms with van der Waals surface area (Å²) in [5.74, 6) is 1.64. The highest BCUT2D eigenvalue weighted by Gasteiger charge is 2.20. The van der Waals surface area contributed by atoms with Gasteiger partial charge in [-0.1, -0.05) is 13.0 Å². The second-order valence-electron chi connectivity index (χ2n) is 6.51. The topological polar surface area (TPSA) is 50.4 Å². The van der Waals surface area contributed by atoms with E-state index in [1.807, 2.05) is 24.3 Å². The Balaban J connectivity index is 1.76. The molecule has 1 aromatic rings. The summed E-state index contributed by atoms with van der Waals surface area (Å²) in [6.07, 6.45) is 5.52. The van der Waals surface area contributed by atoms with Gasteiger partial charge in [0.15, 0.2) is 0 Å². The maximum Gasteiger partial charge on any atom is 0.225 e. The maximum atomic E-state index is 12.1. The Morgan fingerprint density at radius 3 is 2.73 bits per heavy atom. The second kappa shape index (κ2) is 8.18. The Bertz CT molecular complexity index is 482. The lowest BCUT2D eigenvalue weighted by molar-refractivity contribution is -0.116. The molecule has 1 aromatic carbocycles. The predicted molar refractivity (Wildman–Crippen MR) is 90.3 cm³/mol. The summed E-state index contributed by atoms with van der Waals surface area (Å²) in [6.45, 7) is 4.41. The third-order valence-electron chi connectivity index (χ3n) is 4.38. The van der Waals surface area contributed by atoms with E-state index >= 15 is 0 Å². The van der Waals surface area contributed by atoms with Gasteiger partial charge in [-0.25, -0.2) is 0 Å². The fourth-order valence-corrected chi connectivity index (χ4v) is 3.08. The van der Waals surface area contributed by atoms with Gasteiger partial charge in [0, 0.05) is 30.3 Å². The number of hydrogen-bond acceptors (Lipinski definition) is 3. The van der Waals surface area contributed by atoms with Crippen LogP contribution in [0.25, 0.3) is 0 Å². The Morgan fingerprint density at radius 1 is 1.32 bits per heavy atom. The number of hydrogen-bond donors (Lipinski definition) is 2. The van der Waals surface area contributed by atoms with E-state index in [2.05, 4.69) is 24.5 Å². The number of amides is 1. The van der Waals surface area contributed by atoms with Gasteiger partial charge in [-0.15, -0.1) is 0 Å². The SMILES string of the molecule is COc1cccc(NC(=O)C[C@H](C)NC2CCC(C)CC2)c1. The van der Waals surface area contributed by atoms with Crippen LogP contribution in [0.2, 0.25) is 0 Å². The number of carbonyl (C=O) groups excluding carboxylic acids is 1. The van der Waals surface area contributed by atoms with Gasteiger partial charge in [0.1, 0.15) is 5.75 Å². The van der Waals surface area contributed by atoms with Gasteiger partial charge >= 0.3 is 0 Å². The van der Waals surface area contributed by atoms with Crippen LogP contribution in [0, 0.1) is 5.92 Å². The van der Waals surface area contributed by atoms with Gasteiger partial charge in [0.25, 0.3) is 0 Å². The van der Waals surface area contributed by atoms with Gasteiger partial charge in [0.2, 0.25) is 5.91 Å². The smallest absolute Gasteiger partial charge is 0.225 e. The molecule has 0 heterocycles. The van der Waals surface area contributed by atoms with E-state index in [1.165, 1.54) is 25.7 Å². The van der Waals surface area contributed by atoms with Crippen LogP contribution in [0.4, 0.5) is 5.69 Å². The van der Waals surface area contributed by atoms with E-state index in [0.29, 0.717) is 12.5 Å². The van der Waals surface area contributed by atoms with Crippen LogP contribution >= 0.6 is 0 Å². The van der Waals surface area contributed by atoms with Crippen LogP contribution < -0.4 is 15.4 Å². The number of anilines is 1. The average Bonchev–Trinajstić information content (AvgIpc) is 2.49. The van der Waals surface area contributed by atoms with Crippen molar-refractivity contribution in [1.29, 1.82) is 0 Å². The zero-order valence-electron chi connectivity index (χ0n) is 13.9. The minimum absolute atomic E-state index is 0.0393. The third-order valence-corrected chi connectivity index (χ3v) is 4.38. The normalized spacial score (nSPS) is 22.9. The van der Waals surface area contributed by atoms with Crippen LogP contribution in [-0.2, 0) is 4.79 Å². The first kappa shape index (κ1) is 16.8. The van der Waals surface area contributed by atoms with E-state index < -0.39 is 0 Å². The second-order valence-corrected chi connectivity index (χ2v) is 6.51. The summed E-state index contributed by atoms with van der Waals surface area (Å²) in [7, 11) is 1.62. The molecule has 1 amide bonds. The Kier molecular flexibility index (Phi) is 6.25. The molecule has 1 fully saturated rings. The van der Waals surface area contributed by atoms with Gasteiger partial charge in [-0.2, -0.15) is 0 Å². The lowest BCUT2D eigenvalue weighted by atomic mass is 9.87. The molecule has 0 saturated heterocycles. The molecule has 0 radical (unpaired) electrons. The molecule has 0 unspecified atom stereocenters. The Labute approximate surface area is 133 Å². The molecular formula is C18H28N2O2. The molecule has 1 aliphatic rings. The number of carbonyl (C=O) groups is 1. The van der Waals surface area contributed by atoms with Gasteiger partial charge in [-0.3, -0.25) is 4.79 Å². The highest BCUT2D eigenvalue weighted by atomic mass is 16.5. The zero-order chi connectivity index (χ0) is 15.9. The molecule has 1 saturated carbocycles. The number of rotatable bonds is 6. The number of nitrogens with one attached hydrogen (secondary N) is 2. The van der Waals surface area contributed by atoms with Crippen LogP contribution in [-0.4, -0.2) is 25.1 Å². The molecule has 22 heavy (non-hydrogen) atoms. The highest BCUT2D eigenvalue weighted by molar-refractivity contribution is 5.91. The Hall–Kier alpha value is -1.55. The van der Waals surface area contributed by atoms with E-state index in [-0.39, 0.29) is 11.9 Å². The quantitative estimate of drug-likeness (QED) is 0.844. The van der Waals surface area contributed by atoms with Crippen molar-refractivity contribution in [3.8, 4) is 5.75 Å². The number of ether oxygens (including phenoxy) is 1. The van der Waals surface area contributed by atoms with Crippen molar-refractivity contribution in [1.82, 2.24) is 5.32 Å². The minimum atomic E-state index is 0.0393. The van der Waals surface area contributed by atoms with Crippen molar-refractivity contribution in [2.24, 2.45) is 5.92 Å². The van der Waals surface area contributed by atoms with E-state index in [1.54, 1.807) is 7.11 Å². The van der Waals surface area contributed by atoms with E-state index in [0.717, 1.165) is 17.4 Å². The van der Waals surface area contributed by atoms with Crippen molar-refractivity contribution >= 4 is 11.6 Å². The summed E-state index contributed by atoms with van der Waals surface area (Å²) < 4.78 is 5.16. The molecule has 0 spiro atoms. The lowest BCUT2D eigenvalue weighted by Crippen LogP contribution is -2.40. The highest BCUT2D eigenvalue weighted by Crippen LogP contribution is 2.24. The third kappa shape index (κ3) is 5.34. The molecule has 4 nitrogen and oxygen atoms in total. The minimum Gasteiger partial charge on any atom is -0.497 e. The van der Waals surface area contributed by atoms with E-state index in [4.69, 9.17) is 4.74 Å². The number of methoxy groups -OCH3 is 1. The average molecular weight is 304 g/mol. The molecule has 0 bridgehead atoms. The monoisotopic (exact) mass is 304 g/mol. The van der Waals surface area contributed by atoms with Gasteiger partial charge < -0.3 is 15.4 Å². The Morgan fingerprint density at radius 2 is 2.05 bits per heavy atom. The molecular weight excluding hydrogens is 276 g/mol. The lowest BCUT2D eigenvalue weighted by Gasteiger charge is -2.29. The summed E-state index contributed by atoms with van der Waals surface area (Å²) in [4.78, 5) is 12.1. The first-order valence-corrected chi connectivity index (χ1v) is 8.26. The van der Waals surface area contributed by atoms with Gasteiger partial charge in [-0.05, 0) is 50.7 Å². The van der Waals surface area contributed by atoms with E-state index in [9.17, 15) is 4.79 Å². The summed E-state index contributed by atoms with van der Waals surface area (Å²) in [6, 6.07) is 8.21. The first-order chi connectivity index (χ1) is 10.6. The zero-order valence-corrected chi connectivity index (χ0v) is 13.9. The number of benzene rings is 1. The predicted octanol–water partition coefficient (Wildman–Crippen LogP) is 3.58. The fourth-order valence-electron chi connectivity index (χ4n) is 3.08.